The Kier molecular flexibility index (Phi) is 4.58. The van der Waals surface area contributed by atoms with Crippen LogP contribution in [0.2, 0.25) is 0 Å². The van der Waals surface area contributed by atoms with E-state index >= 15 is 0 Å². The maximum atomic E-state index is 13.3. The normalized spacial score (nSPS) is 18.2. The molecule has 2 aromatic heterocycles. The van der Waals surface area contributed by atoms with E-state index in [1.807, 2.05) is 13.0 Å². The Morgan fingerprint density at radius 1 is 1.24 bits per heavy atom. The van der Waals surface area contributed by atoms with Crippen LogP contribution in [0.25, 0.3) is 16.5 Å². The van der Waals surface area contributed by atoms with Crippen LogP contribution in [-0.4, -0.2) is 34.8 Å². The molecule has 154 valence electrons. The Morgan fingerprint density at radius 2 is 2.00 bits per heavy atom. The van der Waals surface area contributed by atoms with E-state index in [4.69, 9.17) is 0 Å². The fraction of sp³-hybridized carbons (Fsp3) is 0.316. The molecule has 4 rings (SSSR count). The molecule has 3 heterocycles. The lowest BCUT2D eigenvalue weighted by atomic mass is 9.95. The zero-order chi connectivity index (χ0) is 21.0. The number of nitrogens with one attached hydrogen (secondary N) is 1. The van der Waals surface area contributed by atoms with Gasteiger partial charge < -0.3 is 5.32 Å². The van der Waals surface area contributed by atoms with Gasteiger partial charge >= 0.3 is 6.18 Å². The summed E-state index contributed by atoms with van der Waals surface area (Å²) in [6.07, 6.45) is 1.94. The number of hydrogen-bond donors (Lipinski definition) is 1. The molecule has 1 unspecified atom stereocenters. The Balaban J connectivity index is 1.98. The van der Waals surface area contributed by atoms with Crippen LogP contribution in [0.1, 0.15) is 24.5 Å². The van der Waals surface area contributed by atoms with Gasteiger partial charge in [-0.25, -0.2) is 12.4 Å². The highest BCUT2D eigenvalue weighted by molar-refractivity contribution is 7.90. The second-order valence-corrected chi connectivity index (χ2v) is 8.98. The summed E-state index contributed by atoms with van der Waals surface area (Å²) in [6.45, 7) is 2.54. The molecule has 10 heteroatoms. The summed E-state index contributed by atoms with van der Waals surface area (Å²) in [5.41, 5.74) is 0.696. The van der Waals surface area contributed by atoms with Gasteiger partial charge in [-0.2, -0.15) is 18.3 Å². The Hall–Kier alpha value is -2.59. The number of fused-ring (bicyclic) bond motifs is 1. The van der Waals surface area contributed by atoms with Crippen LogP contribution in [0.15, 0.2) is 47.8 Å². The minimum Gasteiger partial charge on any atom is -0.310 e. The lowest BCUT2D eigenvalue weighted by Crippen LogP contribution is -2.29. The maximum absolute atomic E-state index is 13.3. The predicted molar refractivity (Wildman–Crippen MR) is 103 cm³/mol. The topological polar surface area (TPSA) is 68.9 Å². The van der Waals surface area contributed by atoms with Crippen LogP contribution in [0, 0.1) is 0 Å². The molecule has 0 radical (unpaired) electrons. The molecule has 1 aliphatic heterocycles. The van der Waals surface area contributed by atoms with Gasteiger partial charge in [0.25, 0.3) is 10.0 Å². The van der Waals surface area contributed by atoms with Gasteiger partial charge in [0.2, 0.25) is 0 Å². The summed E-state index contributed by atoms with van der Waals surface area (Å²) in [6, 6.07) is 3.27. The molecule has 1 aliphatic rings. The van der Waals surface area contributed by atoms with Crippen molar-refractivity contribution in [1.29, 1.82) is 0 Å². The fourth-order valence-corrected chi connectivity index (χ4v) is 4.92. The van der Waals surface area contributed by atoms with Crippen LogP contribution in [0.4, 0.5) is 13.2 Å². The molecule has 0 saturated heterocycles. The number of hydrogen-bond acceptors (Lipinski definition) is 4. The van der Waals surface area contributed by atoms with E-state index in [1.165, 1.54) is 29.3 Å². The van der Waals surface area contributed by atoms with E-state index in [0.717, 1.165) is 21.7 Å². The number of benzene rings is 1. The number of alkyl halides is 3. The number of aryl methyl sites for hydroxylation is 1. The highest BCUT2D eigenvalue weighted by Crippen LogP contribution is 2.37. The number of rotatable bonds is 3. The molecule has 1 N–H and O–H groups in total. The Morgan fingerprint density at radius 3 is 2.62 bits per heavy atom. The standard InChI is InChI=1S/C19H19F3N4O2S/c1-12-7-13(5-6-23-12)17-11-26(29(27,28)15-9-24-25(2)10-15)18-4-3-14(8-16(17)18)19(20,21)22/h3-5,8-12,23H,6-7H2,1-2H3. The van der Waals surface area contributed by atoms with E-state index in [0.29, 0.717) is 18.5 Å². The van der Waals surface area contributed by atoms with Crippen molar-refractivity contribution in [1.82, 2.24) is 19.1 Å². The minimum absolute atomic E-state index is 0.0315. The van der Waals surface area contributed by atoms with E-state index in [-0.39, 0.29) is 21.8 Å². The minimum atomic E-state index is -4.52. The molecular weight excluding hydrogens is 405 g/mol. The molecule has 0 spiro atoms. The van der Waals surface area contributed by atoms with Crippen LogP contribution in [-0.2, 0) is 23.2 Å². The highest BCUT2D eigenvalue weighted by Gasteiger charge is 2.32. The van der Waals surface area contributed by atoms with Crippen molar-refractivity contribution in [2.75, 3.05) is 6.54 Å². The third-order valence-electron chi connectivity index (χ3n) is 5.02. The molecule has 0 bridgehead atoms. The van der Waals surface area contributed by atoms with Crippen molar-refractivity contribution >= 4 is 26.5 Å². The fourth-order valence-electron chi connectivity index (χ4n) is 3.57. The van der Waals surface area contributed by atoms with E-state index in [9.17, 15) is 21.6 Å². The lowest BCUT2D eigenvalue weighted by molar-refractivity contribution is -0.137. The molecule has 6 nitrogen and oxygen atoms in total. The summed E-state index contributed by atoms with van der Waals surface area (Å²) in [5, 5.41) is 7.39. The third kappa shape index (κ3) is 3.46. The summed E-state index contributed by atoms with van der Waals surface area (Å²) in [7, 11) is -2.42. The number of nitrogens with zero attached hydrogens (tertiary/aromatic N) is 3. The summed E-state index contributed by atoms with van der Waals surface area (Å²) in [5.74, 6) is 0. The van der Waals surface area contributed by atoms with Crippen molar-refractivity contribution in [3.05, 3.63) is 54.0 Å². The van der Waals surface area contributed by atoms with Crippen molar-refractivity contribution in [3.63, 3.8) is 0 Å². The molecular formula is C19H19F3N4O2S. The van der Waals surface area contributed by atoms with E-state index in [1.54, 1.807) is 7.05 Å². The second kappa shape index (κ2) is 6.74. The van der Waals surface area contributed by atoms with Crippen LogP contribution in [0.5, 0.6) is 0 Å². The summed E-state index contributed by atoms with van der Waals surface area (Å²) < 4.78 is 68.6. The summed E-state index contributed by atoms with van der Waals surface area (Å²) in [4.78, 5) is -0.0315. The first kappa shape index (κ1) is 19.7. The monoisotopic (exact) mass is 424 g/mol. The van der Waals surface area contributed by atoms with Crippen LogP contribution >= 0.6 is 0 Å². The average Bonchev–Trinajstić information content (AvgIpc) is 3.25. The smallest absolute Gasteiger partial charge is 0.310 e. The summed E-state index contributed by atoms with van der Waals surface area (Å²) >= 11 is 0. The lowest BCUT2D eigenvalue weighted by Gasteiger charge is -2.20. The number of halogens is 3. The van der Waals surface area contributed by atoms with Crippen molar-refractivity contribution < 1.29 is 21.6 Å². The van der Waals surface area contributed by atoms with Gasteiger partial charge in [-0.3, -0.25) is 4.68 Å². The molecule has 0 fully saturated rings. The Bertz CT molecular complexity index is 1220. The molecule has 0 aliphatic carbocycles. The zero-order valence-corrected chi connectivity index (χ0v) is 16.5. The second-order valence-electron chi connectivity index (χ2n) is 7.17. The van der Waals surface area contributed by atoms with Crippen molar-refractivity contribution in [3.8, 4) is 0 Å². The molecule has 1 atom stereocenters. The first-order valence-electron chi connectivity index (χ1n) is 8.96. The first-order valence-corrected chi connectivity index (χ1v) is 10.4. The molecule has 29 heavy (non-hydrogen) atoms. The van der Waals surface area contributed by atoms with Gasteiger partial charge in [0.1, 0.15) is 4.90 Å². The number of aromatic nitrogens is 3. The van der Waals surface area contributed by atoms with Crippen molar-refractivity contribution in [2.45, 2.75) is 30.5 Å². The third-order valence-corrected chi connectivity index (χ3v) is 6.65. The largest absolute Gasteiger partial charge is 0.416 e. The first-order chi connectivity index (χ1) is 13.6. The molecule has 0 amide bonds. The van der Waals surface area contributed by atoms with Gasteiger partial charge in [-0.05, 0) is 37.1 Å². The van der Waals surface area contributed by atoms with Gasteiger partial charge in [-0.1, -0.05) is 6.08 Å². The predicted octanol–water partition coefficient (Wildman–Crippen LogP) is 3.40. The molecule has 3 aromatic rings. The van der Waals surface area contributed by atoms with Gasteiger partial charge in [0.05, 0.1) is 17.3 Å². The van der Waals surface area contributed by atoms with Gasteiger partial charge in [0.15, 0.2) is 0 Å². The van der Waals surface area contributed by atoms with E-state index < -0.39 is 21.8 Å². The van der Waals surface area contributed by atoms with E-state index in [2.05, 4.69) is 10.4 Å². The molecule has 0 saturated carbocycles. The maximum Gasteiger partial charge on any atom is 0.416 e. The van der Waals surface area contributed by atoms with Gasteiger partial charge in [0, 0.05) is 43.0 Å². The zero-order valence-electron chi connectivity index (χ0n) is 15.7. The highest BCUT2D eigenvalue weighted by atomic mass is 32.2. The molecule has 1 aromatic carbocycles. The average molecular weight is 424 g/mol. The quantitative estimate of drug-likeness (QED) is 0.700. The van der Waals surface area contributed by atoms with Crippen LogP contribution < -0.4 is 5.32 Å². The SMILES string of the molecule is CC1CC(c2cn(S(=O)(=O)c3cnn(C)c3)c3ccc(C(F)(F)F)cc23)=CCN1. The van der Waals surface area contributed by atoms with Crippen LogP contribution in [0.3, 0.4) is 0 Å². The van der Waals surface area contributed by atoms with Gasteiger partial charge in [-0.15, -0.1) is 0 Å². The van der Waals surface area contributed by atoms with Crippen molar-refractivity contribution in [2.24, 2.45) is 7.05 Å². The Labute approximate surface area is 165 Å².